The topological polar surface area (TPSA) is 70.7 Å². The largest absolute Gasteiger partial charge is 0.356 e. The van der Waals surface area contributed by atoms with Crippen molar-refractivity contribution in [2.24, 2.45) is 5.92 Å². The normalized spacial score (nSPS) is 14.6. The van der Waals surface area contributed by atoms with Gasteiger partial charge in [-0.2, -0.15) is 0 Å². The minimum atomic E-state index is -0.0474. The highest BCUT2D eigenvalue weighted by atomic mass is 16.1. The lowest BCUT2D eigenvalue weighted by atomic mass is 9.74. The molecule has 1 aliphatic carbocycles. The number of rotatable bonds is 6. The zero-order chi connectivity index (χ0) is 22.1. The molecule has 2 aromatic carbocycles. The number of fused-ring (bicyclic) bond motifs is 2. The summed E-state index contributed by atoms with van der Waals surface area (Å²) in [7, 11) is 0. The first kappa shape index (κ1) is 20.4. The maximum absolute atomic E-state index is 12.2. The number of hydrogen-bond acceptors (Lipinski definition) is 3. The zero-order valence-electron chi connectivity index (χ0n) is 18.6. The molecule has 2 N–H and O–H groups in total. The van der Waals surface area contributed by atoms with Crippen molar-refractivity contribution in [3.05, 3.63) is 83.8 Å². The minimum absolute atomic E-state index is 0.00317. The predicted molar refractivity (Wildman–Crippen MR) is 127 cm³/mol. The Morgan fingerprint density at radius 2 is 1.84 bits per heavy atom. The number of aromatic nitrogens is 3. The Morgan fingerprint density at radius 3 is 2.59 bits per heavy atom. The van der Waals surface area contributed by atoms with Crippen LogP contribution in [0.4, 0.5) is 0 Å². The third kappa shape index (κ3) is 3.68. The number of carbonyl (C=O) groups excluding carboxylic acids is 1. The Labute approximate surface area is 188 Å². The van der Waals surface area contributed by atoms with Gasteiger partial charge in [0.25, 0.3) is 0 Å². The fraction of sp³-hybridized carbons (Fsp3) is 0.296. The molecule has 0 spiro atoms. The average Bonchev–Trinajstić information content (AvgIpc) is 3.44. The van der Waals surface area contributed by atoms with E-state index in [1.807, 2.05) is 26.1 Å². The number of aromatic amines is 1. The van der Waals surface area contributed by atoms with Crippen molar-refractivity contribution in [3.63, 3.8) is 0 Å². The third-order valence-electron chi connectivity index (χ3n) is 6.71. The van der Waals surface area contributed by atoms with Gasteiger partial charge in [0.15, 0.2) is 0 Å². The van der Waals surface area contributed by atoms with Crippen LogP contribution in [-0.2, 0) is 23.1 Å². The standard InChI is InChI=1S/C27H28N4O/c1-18(2)26(32)29-13-11-27(15-20-6-3-4-7-21(20)16-27)22-9-5-8-19(14-22)24-23-10-12-28-25(23)31-17-30-24/h3-10,12,14,17-18H,11,13,15-16H2,1-2H3,(H,29,32)(H,28,30,31). The number of amides is 1. The van der Waals surface area contributed by atoms with E-state index in [9.17, 15) is 4.79 Å². The number of carbonyl (C=O) groups is 1. The van der Waals surface area contributed by atoms with Crippen molar-refractivity contribution in [2.75, 3.05) is 6.54 Å². The van der Waals surface area contributed by atoms with Crippen LogP contribution in [0.25, 0.3) is 22.3 Å². The lowest BCUT2D eigenvalue weighted by Crippen LogP contribution is -2.35. The van der Waals surface area contributed by atoms with E-state index in [1.54, 1.807) is 6.33 Å². The van der Waals surface area contributed by atoms with E-state index in [0.717, 1.165) is 41.6 Å². The van der Waals surface area contributed by atoms with Gasteiger partial charge in [0.1, 0.15) is 12.0 Å². The lowest BCUT2D eigenvalue weighted by molar-refractivity contribution is -0.124. The minimum Gasteiger partial charge on any atom is -0.356 e. The molecule has 5 rings (SSSR count). The molecule has 0 aliphatic heterocycles. The van der Waals surface area contributed by atoms with E-state index in [-0.39, 0.29) is 17.2 Å². The van der Waals surface area contributed by atoms with Gasteiger partial charge in [-0.05, 0) is 48.1 Å². The summed E-state index contributed by atoms with van der Waals surface area (Å²) in [4.78, 5) is 24.3. The van der Waals surface area contributed by atoms with E-state index in [0.29, 0.717) is 6.54 Å². The van der Waals surface area contributed by atoms with Gasteiger partial charge < -0.3 is 10.3 Å². The van der Waals surface area contributed by atoms with Crippen molar-refractivity contribution < 1.29 is 4.79 Å². The van der Waals surface area contributed by atoms with Crippen molar-refractivity contribution in [1.29, 1.82) is 0 Å². The van der Waals surface area contributed by atoms with Gasteiger partial charge in [0.05, 0.1) is 5.69 Å². The fourth-order valence-electron chi connectivity index (χ4n) is 4.95. The van der Waals surface area contributed by atoms with Crippen LogP contribution in [0.3, 0.4) is 0 Å². The summed E-state index contributed by atoms with van der Waals surface area (Å²) < 4.78 is 0. The van der Waals surface area contributed by atoms with Gasteiger partial charge in [-0.3, -0.25) is 4.79 Å². The molecule has 0 bridgehead atoms. The quantitative estimate of drug-likeness (QED) is 0.466. The number of nitrogens with one attached hydrogen (secondary N) is 2. The zero-order valence-corrected chi connectivity index (χ0v) is 18.6. The second-order valence-electron chi connectivity index (χ2n) is 9.14. The van der Waals surface area contributed by atoms with Crippen LogP contribution >= 0.6 is 0 Å². The summed E-state index contributed by atoms with van der Waals surface area (Å²) in [6, 6.07) is 19.5. The van der Waals surface area contributed by atoms with Gasteiger partial charge in [-0.1, -0.05) is 56.3 Å². The Balaban J connectivity index is 1.52. The summed E-state index contributed by atoms with van der Waals surface area (Å²) in [5.74, 6) is 0.108. The van der Waals surface area contributed by atoms with Gasteiger partial charge in [-0.15, -0.1) is 0 Å². The molecule has 32 heavy (non-hydrogen) atoms. The molecule has 0 radical (unpaired) electrons. The highest BCUT2D eigenvalue weighted by Crippen LogP contribution is 2.43. The third-order valence-corrected chi connectivity index (χ3v) is 6.71. The highest BCUT2D eigenvalue weighted by molar-refractivity contribution is 5.90. The molecule has 162 valence electrons. The van der Waals surface area contributed by atoms with Crippen LogP contribution in [-0.4, -0.2) is 27.4 Å². The van der Waals surface area contributed by atoms with Crippen LogP contribution < -0.4 is 5.32 Å². The molecule has 0 saturated heterocycles. The van der Waals surface area contributed by atoms with Gasteiger partial charge in [0, 0.05) is 35.0 Å². The Kier molecular flexibility index (Phi) is 5.25. The first-order chi connectivity index (χ1) is 15.6. The molecular formula is C27H28N4O. The SMILES string of the molecule is CC(C)C(=O)NCCC1(c2cccc(-c3ncnc4[nH]ccc34)c2)Cc2ccccc2C1. The maximum Gasteiger partial charge on any atom is 0.222 e. The van der Waals surface area contributed by atoms with Crippen LogP contribution in [0.2, 0.25) is 0 Å². The van der Waals surface area contributed by atoms with E-state index in [1.165, 1.54) is 16.7 Å². The molecule has 0 fully saturated rings. The second kappa shape index (κ2) is 8.23. The van der Waals surface area contributed by atoms with Gasteiger partial charge in [0.2, 0.25) is 5.91 Å². The summed E-state index contributed by atoms with van der Waals surface area (Å²) in [6.07, 6.45) is 6.37. The predicted octanol–water partition coefficient (Wildman–Crippen LogP) is 4.82. The molecule has 2 aromatic heterocycles. The van der Waals surface area contributed by atoms with Crippen LogP contribution in [0.5, 0.6) is 0 Å². The smallest absolute Gasteiger partial charge is 0.222 e. The molecule has 0 atom stereocenters. The highest BCUT2D eigenvalue weighted by Gasteiger charge is 2.38. The molecule has 1 aliphatic rings. The molecular weight excluding hydrogens is 396 g/mol. The fourth-order valence-corrected chi connectivity index (χ4v) is 4.95. The Hall–Kier alpha value is -3.47. The molecule has 1 amide bonds. The number of nitrogens with zero attached hydrogens (tertiary/aromatic N) is 2. The van der Waals surface area contributed by atoms with Crippen LogP contribution in [0, 0.1) is 5.92 Å². The van der Waals surface area contributed by atoms with E-state index in [4.69, 9.17) is 0 Å². The van der Waals surface area contributed by atoms with Gasteiger partial charge >= 0.3 is 0 Å². The summed E-state index contributed by atoms with van der Waals surface area (Å²) in [5.41, 5.74) is 6.94. The maximum atomic E-state index is 12.2. The lowest BCUT2D eigenvalue weighted by Gasteiger charge is -2.31. The van der Waals surface area contributed by atoms with Crippen molar-refractivity contribution in [2.45, 2.75) is 38.5 Å². The number of benzene rings is 2. The van der Waals surface area contributed by atoms with E-state index in [2.05, 4.69) is 68.8 Å². The summed E-state index contributed by atoms with van der Waals surface area (Å²) in [6.45, 7) is 4.54. The van der Waals surface area contributed by atoms with Gasteiger partial charge in [-0.25, -0.2) is 9.97 Å². The molecule has 2 heterocycles. The van der Waals surface area contributed by atoms with Crippen molar-refractivity contribution >= 4 is 16.9 Å². The average molecular weight is 425 g/mol. The van der Waals surface area contributed by atoms with Crippen molar-refractivity contribution in [1.82, 2.24) is 20.3 Å². The number of H-pyrrole nitrogens is 1. The molecule has 5 heteroatoms. The Morgan fingerprint density at radius 1 is 1.06 bits per heavy atom. The molecule has 4 aromatic rings. The van der Waals surface area contributed by atoms with E-state index >= 15 is 0 Å². The van der Waals surface area contributed by atoms with E-state index < -0.39 is 0 Å². The monoisotopic (exact) mass is 424 g/mol. The molecule has 0 unspecified atom stereocenters. The number of hydrogen-bond donors (Lipinski definition) is 2. The second-order valence-corrected chi connectivity index (χ2v) is 9.14. The van der Waals surface area contributed by atoms with Crippen molar-refractivity contribution in [3.8, 4) is 11.3 Å². The van der Waals surface area contributed by atoms with Crippen LogP contribution in [0.1, 0.15) is 37.0 Å². The first-order valence-corrected chi connectivity index (χ1v) is 11.3. The summed E-state index contributed by atoms with van der Waals surface area (Å²) >= 11 is 0. The molecule has 5 nitrogen and oxygen atoms in total. The first-order valence-electron chi connectivity index (χ1n) is 11.3. The Bertz CT molecular complexity index is 1250. The van der Waals surface area contributed by atoms with Crippen LogP contribution in [0.15, 0.2) is 67.1 Å². The molecule has 0 saturated carbocycles. The summed E-state index contributed by atoms with van der Waals surface area (Å²) in [5, 5.41) is 4.16.